The van der Waals surface area contributed by atoms with Gasteiger partial charge < -0.3 is 10.1 Å². The molecular weight excluding hydrogens is 376 g/mol. The Morgan fingerprint density at radius 1 is 1.00 bits per heavy atom. The number of carbonyl (C=O) groups is 1. The molecular formula is C21H26N2O4S. The van der Waals surface area contributed by atoms with Crippen LogP contribution in [0.3, 0.4) is 0 Å². The van der Waals surface area contributed by atoms with E-state index in [2.05, 4.69) is 5.32 Å². The Morgan fingerprint density at radius 2 is 1.61 bits per heavy atom. The molecule has 1 aliphatic heterocycles. The van der Waals surface area contributed by atoms with E-state index in [1.54, 1.807) is 12.1 Å². The summed E-state index contributed by atoms with van der Waals surface area (Å²) in [5, 5.41) is 2.86. The third-order valence-corrected chi connectivity index (χ3v) is 6.80. The number of ether oxygens (including phenoxy) is 1. The number of nitrogens with one attached hydrogen (secondary N) is 1. The second kappa shape index (κ2) is 8.75. The Hall–Kier alpha value is -2.38. The molecule has 7 heteroatoms. The van der Waals surface area contributed by atoms with Gasteiger partial charge in [0.15, 0.2) is 6.61 Å². The van der Waals surface area contributed by atoms with Crippen LogP contribution in [0.25, 0.3) is 0 Å². The smallest absolute Gasteiger partial charge is 0.262 e. The zero-order valence-corrected chi connectivity index (χ0v) is 17.1. The van der Waals surface area contributed by atoms with Crippen LogP contribution in [0.4, 0.5) is 5.69 Å². The molecule has 6 nitrogen and oxygen atoms in total. The van der Waals surface area contributed by atoms with Crippen molar-refractivity contribution in [3.63, 3.8) is 0 Å². The van der Waals surface area contributed by atoms with Gasteiger partial charge in [-0.2, -0.15) is 4.31 Å². The third-order valence-electron chi connectivity index (χ3n) is 4.89. The van der Waals surface area contributed by atoms with E-state index in [0.717, 1.165) is 36.1 Å². The number of anilines is 1. The molecule has 0 atom stereocenters. The predicted molar refractivity (Wildman–Crippen MR) is 109 cm³/mol. The van der Waals surface area contributed by atoms with Gasteiger partial charge in [0.25, 0.3) is 5.91 Å². The highest BCUT2D eigenvalue weighted by Crippen LogP contribution is 2.23. The fourth-order valence-corrected chi connectivity index (χ4v) is 4.82. The number of amides is 1. The molecule has 28 heavy (non-hydrogen) atoms. The summed E-state index contributed by atoms with van der Waals surface area (Å²) in [6.45, 7) is 4.86. The number of aryl methyl sites for hydroxylation is 2. The number of hydrogen-bond acceptors (Lipinski definition) is 4. The SMILES string of the molecule is Cc1cccc(C)c1NC(=O)COc1ccc(S(=O)(=O)N2CCCCC2)cc1. The summed E-state index contributed by atoms with van der Waals surface area (Å²) in [5.74, 6) is 0.191. The van der Waals surface area contributed by atoms with Gasteiger partial charge in [-0.05, 0) is 62.1 Å². The molecule has 0 spiro atoms. The fraction of sp³-hybridized carbons (Fsp3) is 0.381. The highest BCUT2D eigenvalue weighted by molar-refractivity contribution is 7.89. The van der Waals surface area contributed by atoms with Gasteiger partial charge in [-0.25, -0.2) is 8.42 Å². The first-order chi connectivity index (χ1) is 13.4. The molecule has 0 radical (unpaired) electrons. The highest BCUT2D eigenvalue weighted by atomic mass is 32.2. The summed E-state index contributed by atoms with van der Waals surface area (Å²) in [6.07, 6.45) is 2.87. The van der Waals surface area contributed by atoms with E-state index in [9.17, 15) is 13.2 Å². The zero-order valence-electron chi connectivity index (χ0n) is 16.3. The number of carbonyl (C=O) groups excluding carboxylic acids is 1. The molecule has 1 aliphatic rings. The van der Waals surface area contributed by atoms with Crippen molar-refractivity contribution in [3.05, 3.63) is 53.6 Å². The minimum absolute atomic E-state index is 0.147. The van der Waals surface area contributed by atoms with Crippen molar-refractivity contribution in [3.8, 4) is 5.75 Å². The lowest BCUT2D eigenvalue weighted by atomic mass is 10.1. The van der Waals surface area contributed by atoms with Crippen molar-refractivity contribution in [1.82, 2.24) is 4.31 Å². The van der Waals surface area contributed by atoms with Crippen molar-refractivity contribution in [2.75, 3.05) is 25.0 Å². The molecule has 1 amide bonds. The largest absolute Gasteiger partial charge is 0.484 e. The summed E-state index contributed by atoms with van der Waals surface area (Å²) >= 11 is 0. The van der Waals surface area contributed by atoms with Crippen molar-refractivity contribution in [2.24, 2.45) is 0 Å². The lowest BCUT2D eigenvalue weighted by Gasteiger charge is -2.25. The molecule has 3 rings (SSSR count). The van der Waals surface area contributed by atoms with Crippen LogP contribution < -0.4 is 10.1 Å². The van der Waals surface area contributed by atoms with Gasteiger partial charge >= 0.3 is 0 Å². The maximum absolute atomic E-state index is 12.7. The Morgan fingerprint density at radius 3 is 2.21 bits per heavy atom. The van der Waals surface area contributed by atoms with E-state index in [-0.39, 0.29) is 17.4 Å². The molecule has 0 aromatic heterocycles. The average molecular weight is 403 g/mol. The minimum atomic E-state index is -3.46. The van der Waals surface area contributed by atoms with Crippen LogP contribution in [0.5, 0.6) is 5.75 Å². The molecule has 0 bridgehead atoms. The Labute approximate surface area is 166 Å². The van der Waals surface area contributed by atoms with E-state index in [4.69, 9.17) is 4.74 Å². The average Bonchev–Trinajstić information content (AvgIpc) is 2.70. The van der Waals surface area contributed by atoms with E-state index in [1.165, 1.54) is 16.4 Å². The molecule has 150 valence electrons. The van der Waals surface area contributed by atoms with Gasteiger partial charge in [0.2, 0.25) is 10.0 Å². The summed E-state index contributed by atoms with van der Waals surface area (Å²) < 4.78 is 32.3. The third kappa shape index (κ3) is 4.72. The van der Waals surface area contributed by atoms with Crippen LogP contribution in [0.1, 0.15) is 30.4 Å². The van der Waals surface area contributed by atoms with Gasteiger partial charge in [-0.3, -0.25) is 4.79 Å². The summed E-state index contributed by atoms with van der Waals surface area (Å²) in [5.41, 5.74) is 2.76. The first kappa shape index (κ1) is 20.4. The number of benzene rings is 2. The second-order valence-corrected chi connectivity index (χ2v) is 8.98. The molecule has 1 fully saturated rings. The van der Waals surface area contributed by atoms with E-state index >= 15 is 0 Å². The minimum Gasteiger partial charge on any atom is -0.484 e. The summed E-state index contributed by atoms with van der Waals surface area (Å²) in [7, 11) is -3.46. The molecule has 1 N–H and O–H groups in total. The van der Waals surface area contributed by atoms with Crippen LogP contribution in [0, 0.1) is 13.8 Å². The Balaban J connectivity index is 1.59. The summed E-state index contributed by atoms with van der Waals surface area (Å²) in [6, 6.07) is 12.0. The molecule has 2 aromatic carbocycles. The van der Waals surface area contributed by atoms with Crippen LogP contribution in [-0.2, 0) is 14.8 Å². The van der Waals surface area contributed by atoms with Gasteiger partial charge in [0.05, 0.1) is 4.90 Å². The fourth-order valence-electron chi connectivity index (χ4n) is 3.30. The van der Waals surface area contributed by atoms with Crippen LogP contribution in [0.2, 0.25) is 0 Å². The first-order valence-corrected chi connectivity index (χ1v) is 10.9. The van der Waals surface area contributed by atoms with E-state index in [1.807, 2.05) is 32.0 Å². The van der Waals surface area contributed by atoms with Gasteiger partial charge in [0.1, 0.15) is 5.75 Å². The lowest BCUT2D eigenvalue weighted by Crippen LogP contribution is -2.35. The van der Waals surface area contributed by atoms with E-state index < -0.39 is 10.0 Å². The number of sulfonamides is 1. The lowest BCUT2D eigenvalue weighted by molar-refractivity contribution is -0.118. The molecule has 1 saturated heterocycles. The number of nitrogens with zero attached hydrogens (tertiary/aromatic N) is 1. The standard InChI is InChI=1S/C21H26N2O4S/c1-16-7-6-8-17(2)21(16)22-20(24)15-27-18-9-11-19(12-10-18)28(25,26)23-13-4-3-5-14-23/h6-12H,3-5,13-15H2,1-2H3,(H,22,24). The topological polar surface area (TPSA) is 75.7 Å². The number of hydrogen-bond donors (Lipinski definition) is 1. The Bertz CT molecular complexity index is 913. The normalized spacial score (nSPS) is 15.2. The molecule has 0 unspecified atom stereocenters. The molecule has 1 heterocycles. The van der Waals surface area contributed by atoms with Crippen LogP contribution in [-0.4, -0.2) is 38.3 Å². The zero-order chi connectivity index (χ0) is 20.1. The summed E-state index contributed by atoms with van der Waals surface area (Å²) in [4.78, 5) is 12.4. The predicted octanol–water partition coefficient (Wildman–Crippen LogP) is 3.50. The Kier molecular flexibility index (Phi) is 6.36. The maximum atomic E-state index is 12.7. The molecule has 0 aliphatic carbocycles. The maximum Gasteiger partial charge on any atom is 0.262 e. The highest BCUT2D eigenvalue weighted by Gasteiger charge is 2.25. The molecule has 0 saturated carbocycles. The van der Waals surface area contributed by atoms with Crippen molar-refractivity contribution in [2.45, 2.75) is 38.0 Å². The van der Waals surface area contributed by atoms with Crippen LogP contribution in [0.15, 0.2) is 47.4 Å². The second-order valence-electron chi connectivity index (χ2n) is 7.04. The monoisotopic (exact) mass is 402 g/mol. The van der Waals surface area contributed by atoms with E-state index in [0.29, 0.717) is 18.8 Å². The van der Waals surface area contributed by atoms with Crippen LogP contribution >= 0.6 is 0 Å². The van der Waals surface area contributed by atoms with Gasteiger partial charge in [-0.15, -0.1) is 0 Å². The quantitative estimate of drug-likeness (QED) is 0.802. The first-order valence-electron chi connectivity index (χ1n) is 9.47. The van der Waals surface area contributed by atoms with Crippen molar-refractivity contribution in [1.29, 1.82) is 0 Å². The molecule has 2 aromatic rings. The number of piperidine rings is 1. The van der Waals surface area contributed by atoms with Gasteiger partial charge in [-0.1, -0.05) is 24.6 Å². The van der Waals surface area contributed by atoms with Crippen molar-refractivity contribution < 1.29 is 17.9 Å². The van der Waals surface area contributed by atoms with Gasteiger partial charge in [0, 0.05) is 18.8 Å². The number of para-hydroxylation sites is 1. The van der Waals surface area contributed by atoms with Crippen molar-refractivity contribution >= 4 is 21.6 Å². The number of rotatable bonds is 6.